The van der Waals surface area contributed by atoms with Crippen LogP contribution in [0.15, 0.2) is 47.3 Å². The number of nitrogens with zero attached hydrogens (tertiary/aromatic N) is 4. The zero-order valence-corrected chi connectivity index (χ0v) is 16.7. The van der Waals surface area contributed by atoms with Gasteiger partial charge in [-0.15, -0.1) is 5.10 Å². The van der Waals surface area contributed by atoms with E-state index in [1.165, 1.54) is 15.6 Å². The fraction of sp³-hybridized carbons (Fsp3) is 0.273. The van der Waals surface area contributed by atoms with Crippen LogP contribution in [0.4, 0.5) is 0 Å². The molecule has 0 radical (unpaired) electrons. The van der Waals surface area contributed by atoms with Gasteiger partial charge in [0, 0.05) is 26.2 Å². The second-order valence-corrected chi connectivity index (χ2v) is 7.72. The number of carbonyl (C=O) groups is 1. The predicted octanol–water partition coefficient (Wildman–Crippen LogP) is 1.67. The van der Waals surface area contributed by atoms with Gasteiger partial charge in [0.1, 0.15) is 0 Å². The van der Waals surface area contributed by atoms with Crippen LogP contribution in [0.5, 0.6) is 0 Å². The third-order valence-corrected chi connectivity index (χ3v) is 5.65. The van der Waals surface area contributed by atoms with Crippen LogP contribution < -0.4 is 10.9 Å². The van der Waals surface area contributed by atoms with Crippen molar-refractivity contribution in [3.8, 4) is 0 Å². The summed E-state index contributed by atoms with van der Waals surface area (Å²) >= 11 is 0. The third kappa shape index (κ3) is 3.25. The number of rotatable bonds is 4. The van der Waals surface area contributed by atoms with E-state index in [0.717, 1.165) is 31.6 Å². The van der Waals surface area contributed by atoms with Gasteiger partial charge in [0.2, 0.25) is 0 Å². The van der Waals surface area contributed by atoms with Crippen LogP contribution in [0, 0.1) is 6.92 Å². The fourth-order valence-electron chi connectivity index (χ4n) is 4.08. The Morgan fingerprint density at radius 2 is 2.03 bits per heavy atom. The van der Waals surface area contributed by atoms with Crippen molar-refractivity contribution in [2.75, 3.05) is 19.6 Å². The number of carbonyl (C=O) groups excluding carboxylic acids is 1. The number of aryl methyl sites for hydroxylation is 1. The van der Waals surface area contributed by atoms with E-state index in [1.807, 2.05) is 25.1 Å². The zero-order chi connectivity index (χ0) is 20.7. The lowest BCUT2D eigenvalue weighted by atomic mass is 10.00. The predicted molar refractivity (Wildman–Crippen MR) is 114 cm³/mol. The molecular formula is C22H22N6O2. The first-order chi connectivity index (χ1) is 14.6. The lowest BCUT2D eigenvalue weighted by molar-refractivity contribution is 0.0944. The first kappa shape index (κ1) is 18.5. The van der Waals surface area contributed by atoms with Crippen LogP contribution in [0.1, 0.15) is 27.2 Å². The van der Waals surface area contributed by atoms with Crippen molar-refractivity contribution in [1.82, 2.24) is 30.0 Å². The second kappa shape index (κ2) is 7.38. The average molecular weight is 402 g/mol. The molecule has 3 heterocycles. The van der Waals surface area contributed by atoms with E-state index in [0.29, 0.717) is 17.6 Å². The Morgan fingerprint density at radius 1 is 1.20 bits per heavy atom. The molecule has 0 bridgehead atoms. The maximum absolute atomic E-state index is 12.7. The summed E-state index contributed by atoms with van der Waals surface area (Å²) in [5, 5.41) is 10.9. The maximum Gasteiger partial charge on any atom is 0.277 e. The number of hydrogen-bond acceptors (Lipinski definition) is 5. The van der Waals surface area contributed by atoms with E-state index < -0.39 is 0 Å². The monoisotopic (exact) mass is 402 g/mol. The van der Waals surface area contributed by atoms with Crippen LogP contribution in [0.3, 0.4) is 0 Å². The van der Waals surface area contributed by atoms with E-state index in [1.54, 1.807) is 0 Å². The van der Waals surface area contributed by atoms with E-state index in [2.05, 4.69) is 49.8 Å². The molecule has 0 unspecified atom stereocenters. The standard InChI is InChI=1S/C22H22N6O2/c1-14-6-7-18-17(12-14)24-22(30)20-19(25-26-28(18)20)21(29)23-9-11-27-10-8-15-4-2-3-5-16(15)13-27/h2-7,12H,8-11,13H2,1H3,(H,23,29)(H,24,30). The molecule has 2 aromatic heterocycles. The molecule has 152 valence electrons. The van der Waals surface area contributed by atoms with Gasteiger partial charge in [-0.1, -0.05) is 35.5 Å². The highest BCUT2D eigenvalue weighted by atomic mass is 16.2. The van der Waals surface area contributed by atoms with E-state index >= 15 is 0 Å². The summed E-state index contributed by atoms with van der Waals surface area (Å²) < 4.78 is 1.43. The number of fused-ring (bicyclic) bond motifs is 4. The molecule has 0 aliphatic carbocycles. The molecule has 4 aromatic rings. The minimum Gasteiger partial charge on any atom is -0.349 e. The summed E-state index contributed by atoms with van der Waals surface area (Å²) in [6, 6.07) is 14.1. The van der Waals surface area contributed by atoms with E-state index in [4.69, 9.17) is 0 Å². The van der Waals surface area contributed by atoms with Gasteiger partial charge in [0.15, 0.2) is 11.2 Å². The fourth-order valence-corrected chi connectivity index (χ4v) is 4.08. The molecular weight excluding hydrogens is 380 g/mol. The van der Waals surface area contributed by atoms with Gasteiger partial charge in [-0.05, 0) is 42.2 Å². The maximum atomic E-state index is 12.7. The minimum atomic E-state index is -0.389. The Bertz CT molecular complexity index is 1320. The summed E-state index contributed by atoms with van der Waals surface area (Å²) in [6.45, 7) is 5.00. The quantitative estimate of drug-likeness (QED) is 0.541. The van der Waals surface area contributed by atoms with E-state index in [9.17, 15) is 9.59 Å². The summed E-state index contributed by atoms with van der Waals surface area (Å²) in [5.74, 6) is -0.389. The second-order valence-electron chi connectivity index (χ2n) is 7.72. The molecule has 0 spiro atoms. The molecule has 8 heteroatoms. The van der Waals surface area contributed by atoms with Crippen LogP contribution >= 0.6 is 0 Å². The van der Waals surface area contributed by atoms with Crippen LogP contribution in [-0.2, 0) is 13.0 Å². The number of aromatic amines is 1. The van der Waals surface area contributed by atoms with Crippen LogP contribution in [0.2, 0.25) is 0 Å². The number of hydrogen-bond donors (Lipinski definition) is 2. The molecule has 1 aliphatic rings. The Labute approximate surface area is 172 Å². The first-order valence-corrected chi connectivity index (χ1v) is 10.1. The van der Waals surface area contributed by atoms with Gasteiger partial charge in [-0.3, -0.25) is 14.5 Å². The summed E-state index contributed by atoms with van der Waals surface area (Å²) in [6.07, 6.45) is 1.02. The number of amides is 1. The van der Waals surface area contributed by atoms with Crippen LogP contribution in [-0.4, -0.2) is 50.3 Å². The van der Waals surface area contributed by atoms with Crippen molar-refractivity contribution >= 4 is 22.5 Å². The average Bonchev–Trinajstić information content (AvgIpc) is 3.19. The Kier molecular flexibility index (Phi) is 4.55. The van der Waals surface area contributed by atoms with Crippen molar-refractivity contribution < 1.29 is 4.79 Å². The Balaban J connectivity index is 1.31. The summed E-state index contributed by atoms with van der Waals surface area (Å²) in [4.78, 5) is 30.4. The first-order valence-electron chi connectivity index (χ1n) is 10.1. The molecule has 30 heavy (non-hydrogen) atoms. The Morgan fingerprint density at radius 3 is 2.90 bits per heavy atom. The molecule has 5 rings (SSSR count). The lowest BCUT2D eigenvalue weighted by Crippen LogP contribution is -2.38. The summed E-state index contributed by atoms with van der Waals surface area (Å²) in [5.41, 5.74) is 4.96. The molecule has 2 N–H and O–H groups in total. The zero-order valence-electron chi connectivity index (χ0n) is 16.7. The van der Waals surface area contributed by atoms with Crippen molar-refractivity contribution in [3.63, 3.8) is 0 Å². The number of nitrogens with one attached hydrogen (secondary N) is 2. The van der Waals surface area contributed by atoms with E-state index in [-0.39, 0.29) is 22.7 Å². The molecule has 2 aromatic carbocycles. The molecule has 0 atom stereocenters. The SMILES string of the molecule is Cc1ccc2c(c1)[nH]c(=O)c1c(C(=O)NCCN3CCc4ccccc4C3)nnn12. The van der Waals surface area contributed by atoms with Gasteiger partial charge in [-0.2, -0.15) is 0 Å². The molecule has 1 amide bonds. The number of H-pyrrole nitrogens is 1. The largest absolute Gasteiger partial charge is 0.349 e. The lowest BCUT2D eigenvalue weighted by Gasteiger charge is -2.28. The van der Waals surface area contributed by atoms with Gasteiger partial charge >= 0.3 is 0 Å². The molecule has 1 aliphatic heterocycles. The van der Waals surface area contributed by atoms with Crippen molar-refractivity contribution in [2.24, 2.45) is 0 Å². The van der Waals surface area contributed by atoms with Crippen molar-refractivity contribution in [1.29, 1.82) is 0 Å². The molecule has 8 nitrogen and oxygen atoms in total. The van der Waals surface area contributed by atoms with Gasteiger partial charge in [0.05, 0.1) is 11.0 Å². The number of benzene rings is 2. The highest BCUT2D eigenvalue weighted by Gasteiger charge is 2.20. The van der Waals surface area contributed by atoms with Crippen LogP contribution in [0.25, 0.3) is 16.6 Å². The Hall–Kier alpha value is -3.52. The van der Waals surface area contributed by atoms with Crippen molar-refractivity contribution in [3.05, 3.63) is 75.2 Å². The van der Waals surface area contributed by atoms with Gasteiger partial charge in [-0.25, -0.2) is 4.52 Å². The third-order valence-electron chi connectivity index (χ3n) is 5.65. The smallest absolute Gasteiger partial charge is 0.277 e. The summed E-state index contributed by atoms with van der Waals surface area (Å²) in [7, 11) is 0. The minimum absolute atomic E-state index is 0.0442. The topological polar surface area (TPSA) is 95.4 Å². The van der Waals surface area contributed by atoms with Crippen molar-refractivity contribution in [2.45, 2.75) is 19.9 Å². The molecule has 0 saturated heterocycles. The van der Waals surface area contributed by atoms with Gasteiger partial charge in [0.25, 0.3) is 11.5 Å². The van der Waals surface area contributed by atoms with Gasteiger partial charge < -0.3 is 10.3 Å². The molecule has 0 fully saturated rings. The number of aromatic nitrogens is 4. The highest BCUT2D eigenvalue weighted by Crippen LogP contribution is 2.18. The normalized spacial score (nSPS) is 14.2. The molecule has 0 saturated carbocycles. The highest BCUT2D eigenvalue weighted by molar-refractivity contribution is 5.99.